The maximum atomic E-state index is 13.1. The molecule has 0 bridgehead atoms. The third-order valence-corrected chi connectivity index (χ3v) is 5.33. The Balaban J connectivity index is 1.73. The van der Waals surface area contributed by atoms with Crippen molar-refractivity contribution < 1.29 is 9.53 Å². The highest BCUT2D eigenvalue weighted by Gasteiger charge is 2.21. The molecule has 0 spiro atoms. The lowest BCUT2D eigenvalue weighted by Gasteiger charge is -2.29. The largest absolute Gasteiger partial charge is 0.378 e. The Morgan fingerprint density at radius 2 is 1.74 bits per heavy atom. The van der Waals surface area contributed by atoms with Crippen LogP contribution in [0.2, 0.25) is 0 Å². The molecule has 0 amide bonds. The van der Waals surface area contributed by atoms with Crippen LogP contribution in [0.25, 0.3) is 0 Å². The van der Waals surface area contributed by atoms with Gasteiger partial charge in [-0.2, -0.15) is 0 Å². The van der Waals surface area contributed by atoms with E-state index in [0.717, 1.165) is 44.7 Å². The van der Waals surface area contributed by atoms with E-state index in [1.54, 1.807) is 0 Å². The van der Waals surface area contributed by atoms with E-state index in [1.165, 1.54) is 16.9 Å². The Morgan fingerprint density at radius 3 is 2.37 bits per heavy atom. The summed E-state index contributed by atoms with van der Waals surface area (Å²) in [5.41, 5.74) is 4.39. The molecule has 1 atom stereocenters. The molecule has 3 rings (SSSR count). The zero-order valence-electron chi connectivity index (χ0n) is 16.6. The zero-order valence-corrected chi connectivity index (χ0v) is 16.6. The molecule has 0 saturated carbocycles. The molecule has 2 aromatic carbocycles. The molecule has 1 aliphatic heterocycles. The number of Topliss-reactive ketones (excluding diaryl/α,β-unsaturated/α-hetero) is 1. The Labute approximate surface area is 162 Å². The van der Waals surface area contributed by atoms with Crippen LogP contribution < -0.4 is 9.80 Å². The van der Waals surface area contributed by atoms with E-state index in [-0.39, 0.29) is 11.7 Å². The van der Waals surface area contributed by atoms with Crippen LogP contribution in [-0.4, -0.2) is 46.2 Å². The highest BCUT2D eigenvalue weighted by molar-refractivity contribution is 5.98. The van der Waals surface area contributed by atoms with Crippen molar-refractivity contribution >= 4 is 17.2 Å². The summed E-state index contributed by atoms with van der Waals surface area (Å²) < 4.78 is 5.41. The van der Waals surface area contributed by atoms with Gasteiger partial charge in [0.1, 0.15) is 0 Å². The third kappa shape index (κ3) is 4.69. The summed E-state index contributed by atoms with van der Waals surface area (Å²) in [5.74, 6) is 0.236. The maximum absolute atomic E-state index is 13.1. The molecule has 0 radical (unpaired) electrons. The first-order valence-corrected chi connectivity index (χ1v) is 9.82. The van der Waals surface area contributed by atoms with Gasteiger partial charge in [0.05, 0.1) is 13.2 Å². The molecular weight excluding hydrogens is 336 g/mol. The minimum atomic E-state index is 0.000312. The monoisotopic (exact) mass is 366 g/mol. The van der Waals surface area contributed by atoms with Gasteiger partial charge >= 0.3 is 0 Å². The molecule has 1 saturated heterocycles. The summed E-state index contributed by atoms with van der Waals surface area (Å²) in [6.07, 6.45) is 1.61. The number of para-hydroxylation sites is 1. The Kier molecular flexibility index (Phi) is 6.51. The van der Waals surface area contributed by atoms with Crippen LogP contribution in [0, 0.1) is 5.92 Å². The van der Waals surface area contributed by atoms with Gasteiger partial charge in [0, 0.05) is 50.0 Å². The third-order valence-electron chi connectivity index (χ3n) is 5.33. The molecule has 1 fully saturated rings. The summed E-state index contributed by atoms with van der Waals surface area (Å²) >= 11 is 0. The maximum Gasteiger partial charge on any atom is 0.166 e. The number of ketones is 1. The van der Waals surface area contributed by atoms with Crippen LogP contribution in [0.3, 0.4) is 0 Å². The Morgan fingerprint density at radius 1 is 1.07 bits per heavy atom. The summed E-state index contributed by atoms with van der Waals surface area (Å²) in [6, 6.07) is 16.4. The SMILES string of the molecule is CCC(Cc1ccccc1N(C)C)C(=O)c1ccc(N2CCOCC2)cc1. The number of morpholine rings is 1. The highest BCUT2D eigenvalue weighted by atomic mass is 16.5. The van der Waals surface area contributed by atoms with Crippen LogP contribution in [0.4, 0.5) is 11.4 Å². The normalized spacial score (nSPS) is 15.4. The van der Waals surface area contributed by atoms with E-state index >= 15 is 0 Å². The van der Waals surface area contributed by atoms with E-state index in [1.807, 2.05) is 32.3 Å². The van der Waals surface area contributed by atoms with Crippen LogP contribution >= 0.6 is 0 Å². The lowest BCUT2D eigenvalue weighted by molar-refractivity contribution is 0.0916. The fourth-order valence-corrected chi connectivity index (χ4v) is 3.70. The molecule has 4 nitrogen and oxygen atoms in total. The Hall–Kier alpha value is -2.33. The molecule has 1 aliphatic rings. The first-order chi connectivity index (χ1) is 13.1. The number of anilines is 2. The van der Waals surface area contributed by atoms with E-state index in [9.17, 15) is 4.79 Å². The van der Waals surface area contributed by atoms with Crippen molar-refractivity contribution in [1.29, 1.82) is 0 Å². The molecular formula is C23H30N2O2. The van der Waals surface area contributed by atoms with Crippen molar-refractivity contribution in [3.63, 3.8) is 0 Å². The average Bonchev–Trinajstić information content (AvgIpc) is 2.72. The number of hydrogen-bond donors (Lipinski definition) is 0. The van der Waals surface area contributed by atoms with Gasteiger partial charge in [-0.1, -0.05) is 25.1 Å². The van der Waals surface area contributed by atoms with Crippen molar-refractivity contribution in [2.24, 2.45) is 5.92 Å². The zero-order chi connectivity index (χ0) is 19.2. The van der Waals surface area contributed by atoms with Crippen LogP contribution in [0.5, 0.6) is 0 Å². The fraction of sp³-hybridized carbons (Fsp3) is 0.435. The summed E-state index contributed by atoms with van der Waals surface area (Å²) in [5, 5.41) is 0. The van der Waals surface area contributed by atoms with Gasteiger partial charge in [0.15, 0.2) is 5.78 Å². The predicted octanol–water partition coefficient (Wildman–Crippen LogP) is 4.04. The first-order valence-electron chi connectivity index (χ1n) is 9.82. The van der Waals surface area contributed by atoms with Gasteiger partial charge in [0.25, 0.3) is 0 Å². The summed E-state index contributed by atoms with van der Waals surface area (Å²) in [7, 11) is 4.10. The summed E-state index contributed by atoms with van der Waals surface area (Å²) in [6.45, 7) is 5.45. The standard InChI is InChI=1S/C23H30N2O2/c1-4-18(17-20-7-5-6-8-22(20)24(2)3)23(26)19-9-11-21(12-10-19)25-13-15-27-16-14-25/h5-12,18H,4,13-17H2,1-3H3. The second-order valence-electron chi connectivity index (χ2n) is 7.34. The van der Waals surface area contributed by atoms with E-state index < -0.39 is 0 Å². The summed E-state index contributed by atoms with van der Waals surface area (Å²) in [4.78, 5) is 17.5. The van der Waals surface area contributed by atoms with Crippen LogP contribution in [0.15, 0.2) is 48.5 Å². The predicted molar refractivity (Wildman–Crippen MR) is 112 cm³/mol. The molecule has 0 N–H and O–H groups in total. The van der Waals surface area contributed by atoms with Crippen LogP contribution in [-0.2, 0) is 11.2 Å². The average molecular weight is 367 g/mol. The minimum absolute atomic E-state index is 0.000312. The van der Waals surface area contributed by atoms with Gasteiger partial charge in [-0.05, 0) is 48.7 Å². The number of benzene rings is 2. The van der Waals surface area contributed by atoms with Crippen molar-refractivity contribution in [1.82, 2.24) is 0 Å². The second-order valence-corrected chi connectivity index (χ2v) is 7.34. The van der Waals surface area contributed by atoms with Gasteiger partial charge in [-0.3, -0.25) is 4.79 Å². The number of nitrogens with zero attached hydrogens (tertiary/aromatic N) is 2. The van der Waals surface area contributed by atoms with Crippen molar-refractivity contribution in [3.8, 4) is 0 Å². The molecule has 27 heavy (non-hydrogen) atoms. The number of ether oxygens (including phenoxy) is 1. The van der Waals surface area contributed by atoms with Crippen molar-refractivity contribution in [2.75, 3.05) is 50.2 Å². The topological polar surface area (TPSA) is 32.8 Å². The number of rotatable bonds is 7. The fourth-order valence-electron chi connectivity index (χ4n) is 3.70. The number of carbonyl (C=O) groups is 1. The van der Waals surface area contributed by atoms with E-state index in [0.29, 0.717) is 0 Å². The molecule has 144 valence electrons. The molecule has 2 aromatic rings. The lowest BCUT2D eigenvalue weighted by atomic mass is 9.88. The quantitative estimate of drug-likeness (QED) is 0.693. The van der Waals surface area contributed by atoms with Crippen molar-refractivity contribution in [3.05, 3.63) is 59.7 Å². The molecule has 0 aliphatic carbocycles. The molecule has 1 heterocycles. The second kappa shape index (κ2) is 9.05. The molecule has 0 aromatic heterocycles. The van der Waals surface area contributed by atoms with Crippen LogP contribution in [0.1, 0.15) is 29.3 Å². The van der Waals surface area contributed by atoms with Gasteiger partial charge in [-0.15, -0.1) is 0 Å². The van der Waals surface area contributed by atoms with Gasteiger partial charge in [-0.25, -0.2) is 0 Å². The first kappa shape index (κ1) is 19.4. The van der Waals surface area contributed by atoms with Gasteiger partial charge in [0.2, 0.25) is 0 Å². The van der Waals surface area contributed by atoms with E-state index in [4.69, 9.17) is 4.74 Å². The lowest BCUT2D eigenvalue weighted by Crippen LogP contribution is -2.36. The molecule has 1 unspecified atom stereocenters. The minimum Gasteiger partial charge on any atom is -0.378 e. The van der Waals surface area contributed by atoms with E-state index in [2.05, 4.69) is 47.1 Å². The number of hydrogen-bond acceptors (Lipinski definition) is 4. The van der Waals surface area contributed by atoms with Gasteiger partial charge < -0.3 is 14.5 Å². The molecule has 4 heteroatoms. The Bertz CT molecular complexity index is 749. The highest BCUT2D eigenvalue weighted by Crippen LogP contribution is 2.26. The van der Waals surface area contributed by atoms with Crippen molar-refractivity contribution in [2.45, 2.75) is 19.8 Å². The smallest absolute Gasteiger partial charge is 0.166 e. The number of carbonyl (C=O) groups excluding carboxylic acids is 1.